The zero-order valence-corrected chi connectivity index (χ0v) is 8.67. The molecule has 16 heavy (non-hydrogen) atoms. The Bertz CT molecular complexity index is 463. The monoisotopic (exact) mass is 225 g/mol. The van der Waals surface area contributed by atoms with Gasteiger partial charge in [0.15, 0.2) is 0 Å². The van der Waals surface area contributed by atoms with Crippen LogP contribution in [-0.2, 0) is 16.1 Å². The van der Waals surface area contributed by atoms with E-state index in [1.54, 1.807) is 0 Å². The van der Waals surface area contributed by atoms with Crippen LogP contribution in [0, 0.1) is 0 Å². The maximum Gasteiger partial charge on any atom is 0.337 e. The van der Waals surface area contributed by atoms with E-state index in [-0.39, 0.29) is 24.1 Å². The second-order valence-electron chi connectivity index (χ2n) is 3.08. The summed E-state index contributed by atoms with van der Waals surface area (Å²) in [6.45, 7) is 0.104. The number of esters is 1. The van der Waals surface area contributed by atoms with E-state index in [0.717, 1.165) is 6.07 Å². The minimum atomic E-state index is -1.12. The molecule has 1 aromatic heterocycles. The molecule has 0 unspecified atom stereocenters. The molecule has 0 aromatic carbocycles. The minimum absolute atomic E-state index is 0.00414. The van der Waals surface area contributed by atoms with Gasteiger partial charge >= 0.3 is 11.9 Å². The molecular weight excluding hydrogens is 214 g/mol. The number of ether oxygens (including phenoxy) is 1. The molecule has 1 N–H and O–H groups in total. The van der Waals surface area contributed by atoms with Crippen molar-refractivity contribution in [1.82, 2.24) is 4.57 Å². The number of hydrogen-bond acceptors (Lipinski definition) is 4. The third kappa shape index (κ3) is 2.94. The lowest BCUT2D eigenvalue weighted by molar-refractivity contribution is -0.140. The second-order valence-corrected chi connectivity index (χ2v) is 3.08. The Morgan fingerprint density at radius 1 is 1.44 bits per heavy atom. The van der Waals surface area contributed by atoms with Gasteiger partial charge < -0.3 is 14.4 Å². The van der Waals surface area contributed by atoms with Crippen LogP contribution in [0.4, 0.5) is 0 Å². The number of rotatable bonds is 4. The summed E-state index contributed by atoms with van der Waals surface area (Å²) in [5, 5.41) is 8.72. The molecule has 86 valence electrons. The number of aromatic carboxylic acids is 1. The van der Waals surface area contributed by atoms with Gasteiger partial charge in [-0.05, 0) is 6.07 Å². The highest BCUT2D eigenvalue weighted by Crippen LogP contribution is 1.97. The molecule has 0 saturated carbocycles. The third-order valence-corrected chi connectivity index (χ3v) is 2.01. The largest absolute Gasteiger partial charge is 0.478 e. The van der Waals surface area contributed by atoms with Crippen molar-refractivity contribution in [1.29, 1.82) is 0 Å². The third-order valence-electron chi connectivity index (χ3n) is 2.01. The fraction of sp³-hybridized carbons (Fsp3) is 0.300. The first-order valence-electron chi connectivity index (χ1n) is 4.55. The number of aryl methyl sites for hydroxylation is 1. The summed E-state index contributed by atoms with van der Waals surface area (Å²) in [6, 6.07) is 2.38. The standard InChI is InChI=1S/C10H11NO5/c1-16-9(13)4-5-11-6-7(10(14)15)2-3-8(11)12/h2-3,6H,4-5H2,1H3,(H,14,15). The maximum absolute atomic E-state index is 11.3. The van der Waals surface area contributed by atoms with Crippen LogP contribution in [0.3, 0.4) is 0 Å². The molecule has 0 amide bonds. The highest BCUT2D eigenvalue weighted by atomic mass is 16.5. The van der Waals surface area contributed by atoms with Gasteiger partial charge in [-0.15, -0.1) is 0 Å². The van der Waals surface area contributed by atoms with E-state index in [1.165, 1.54) is 23.9 Å². The van der Waals surface area contributed by atoms with Gasteiger partial charge in [-0.1, -0.05) is 0 Å². The van der Waals surface area contributed by atoms with E-state index >= 15 is 0 Å². The van der Waals surface area contributed by atoms with Gasteiger partial charge in [0.2, 0.25) is 0 Å². The van der Waals surface area contributed by atoms with E-state index < -0.39 is 11.9 Å². The molecule has 0 aliphatic rings. The topological polar surface area (TPSA) is 85.6 Å². The lowest BCUT2D eigenvalue weighted by atomic mass is 10.3. The number of pyridine rings is 1. The molecule has 0 aliphatic heterocycles. The summed E-state index contributed by atoms with van der Waals surface area (Å²) < 4.78 is 5.59. The van der Waals surface area contributed by atoms with Crippen molar-refractivity contribution in [3.8, 4) is 0 Å². The Kier molecular flexibility index (Phi) is 3.82. The molecule has 1 rings (SSSR count). The summed E-state index contributed by atoms with van der Waals surface area (Å²) in [7, 11) is 1.25. The summed E-state index contributed by atoms with van der Waals surface area (Å²) in [4.78, 5) is 32.8. The smallest absolute Gasteiger partial charge is 0.337 e. The molecule has 0 radical (unpaired) electrons. The number of hydrogen-bond donors (Lipinski definition) is 1. The molecule has 0 spiro atoms. The lowest BCUT2D eigenvalue weighted by Crippen LogP contribution is -2.21. The Hall–Kier alpha value is -2.11. The molecule has 0 atom stereocenters. The fourth-order valence-electron chi connectivity index (χ4n) is 1.15. The first kappa shape index (κ1) is 12.0. The van der Waals surface area contributed by atoms with Gasteiger partial charge in [-0.2, -0.15) is 0 Å². The molecule has 6 nitrogen and oxygen atoms in total. The summed E-state index contributed by atoms with van der Waals surface area (Å²) >= 11 is 0. The number of aromatic nitrogens is 1. The molecule has 6 heteroatoms. The van der Waals surface area contributed by atoms with Crippen molar-refractivity contribution in [2.45, 2.75) is 13.0 Å². The van der Waals surface area contributed by atoms with Gasteiger partial charge in [0, 0.05) is 18.8 Å². The molecular formula is C10H11NO5. The normalized spacial score (nSPS) is 9.81. The van der Waals surface area contributed by atoms with E-state index in [9.17, 15) is 14.4 Å². The highest BCUT2D eigenvalue weighted by Gasteiger charge is 2.06. The predicted molar refractivity (Wildman–Crippen MR) is 54.3 cm³/mol. The molecule has 0 fully saturated rings. The van der Waals surface area contributed by atoms with E-state index in [4.69, 9.17) is 5.11 Å². The van der Waals surface area contributed by atoms with Crippen LogP contribution in [0.1, 0.15) is 16.8 Å². The van der Waals surface area contributed by atoms with Crippen LogP contribution in [0.15, 0.2) is 23.1 Å². The molecule has 0 aliphatic carbocycles. The quantitative estimate of drug-likeness (QED) is 0.735. The second kappa shape index (κ2) is 5.11. The van der Waals surface area contributed by atoms with Crippen LogP contribution in [0.25, 0.3) is 0 Å². The highest BCUT2D eigenvalue weighted by molar-refractivity contribution is 5.87. The SMILES string of the molecule is COC(=O)CCn1cc(C(=O)O)ccc1=O. The zero-order chi connectivity index (χ0) is 12.1. The lowest BCUT2D eigenvalue weighted by Gasteiger charge is -2.05. The number of carbonyl (C=O) groups excluding carboxylic acids is 1. The Morgan fingerprint density at radius 3 is 2.69 bits per heavy atom. The first-order valence-corrected chi connectivity index (χ1v) is 4.55. The summed E-state index contributed by atoms with van der Waals surface area (Å²) in [5.74, 6) is -1.57. The van der Waals surface area contributed by atoms with Crippen molar-refractivity contribution in [2.24, 2.45) is 0 Å². The Balaban J connectivity index is 2.86. The number of carbonyl (C=O) groups is 2. The van der Waals surface area contributed by atoms with Gasteiger partial charge in [0.25, 0.3) is 5.56 Å². The summed E-state index contributed by atoms with van der Waals surface area (Å²) in [6.07, 6.45) is 1.23. The maximum atomic E-state index is 11.3. The van der Waals surface area contributed by atoms with Crippen LogP contribution < -0.4 is 5.56 Å². The first-order chi connectivity index (χ1) is 7.54. The van der Waals surface area contributed by atoms with Gasteiger partial charge in [-0.3, -0.25) is 9.59 Å². The Labute approximate surface area is 91.1 Å². The van der Waals surface area contributed by atoms with E-state index in [0.29, 0.717) is 0 Å². The Morgan fingerprint density at radius 2 is 2.12 bits per heavy atom. The average molecular weight is 225 g/mol. The predicted octanol–water partition coefficient (Wildman–Crippen LogP) is 0.110. The van der Waals surface area contributed by atoms with E-state index in [2.05, 4.69) is 4.74 Å². The van der Waals surface area contributed by atoms with Crippen molar-refractivity contribution in [3.05, 3.63) is 34.2 Å². The molecule has 0 saturated heterocycles. The van der Waals surface area contributed by atoms with Crippen molar-refractivity contribution >= 4 is 11.9 Å². The number of carboxylic acid groups (broad SMARTS) is 1. The van der Waals surface area contributed by atoms with Crippen LogP contribution in [0.2, 0.25) is 0 Å². The van der Waals surface area contributed by atoms with E-state index in [1.807, 2.05) is 0 Å². The van der Waals surface area contributed by atoms with Crippen molar-refractivity contribution < 1.29 is 19.4 Å². The molecule has 1 aromatic rings. The van der Waals surface area contributed by atoms with Crippen LogP contribution in [-0.4, -0.2) is 28.7 Å². The number of methoxy groups -OCH3 is 1. The van der Waals surface area contributed by atoms with Gasteiger partial charge in [-0.25, -0.2) is 4.79 Å². The van der Waals surface area contributed by atoms with Crippen LogP contribution >= 0.6 is 0 Å². The average Bonchev–Trinajstić information content (AvgIpc) is 2.27. The van der Waals surface area contributed by atoms with Crippen molar-refractivity contribution in [3.63, 3.8) is 0 Å². The number of carboxylic acids is 1. The zero-order valence-electron chi connectivity index (χ0n) is 8.67. The molecule has 1 heterocycles. The summed E-state index contributed by atoms with van der Waals surface area (Å²) in [5.41, 5.74) is -0.349. The van der Waals surface area contributed by atoms with Crippen molar-refractivity contribution in [2.75, 3.05) is 7.11 Å². The molecule has 0 bridgehead atoms. The van der Waals surface area contributed by atoms with Crippen LogP contribution in [0.5, 0.6) is 0 Å². The fourth-order valence-corrected chi connectivity index (χ4v) is 1.15. The minimum Gasteiger partial charge on any atom is -0.478 e. The number of nitrogens with zero attached hydrogens (tertiary/aromatic N) is 1. The van der Waals surface area contributed by atoms with Gasteiger partial charge in [0.05, 0.1) is 19.1 Å². The van der Waals surface area contributed by atoms with Gasteiger partial charge in [0.1, 0.15) is 0 Å².